The van der Waals surface area contributed by atoms with E-state index in [1.54, 1.807) is 13.2 Å². The lowest BCUT2D eigenvalue weighted by Crippen LogP contribution is -2.20. The van der Waals surface area contributed by atoms with Crippen molar-refractivity contribution in [1.82, 2.24) is 0 Å². The molecule has 3 aromatic carbocycles. The quantitative estimate of drug-likeness (QED) is 0.502. The summed E-state index contributed by atoms with van der Waals surface area (Å²) in [6.07, 6.45) is 0. The molecule has 30 heavy (non-hydrogen) atoms. The zero-order valence-electron chi connectivity index (χ0n) is 16.7. The molecular formula is C23H22ClFN2O3. The molecule has 2 N–H and O–H groups in total. The summed E-state index contributed by atoms with van der Waals surface area (Å²) in [5.41, 5.74) is 3.42. The van der Waals surface area contributed by atoms with Crippen molar-refractivity contribution >= 4 is 28.9 Å². The van der Waals surface area contributed by atoms with E-state index in [0.29, 0.717) is 28.8 Å². The van der Waals surface area contributed by atoms with E-state index in [2.05, 4.69) is 10.6 Å². The van der Waals surface area contributed by atoms with E-state index in [-0.39, 0.29) is 18.3 Å². The zero-order chi connectivity index (χ0) is 21.5. The Labute approximate surface area is 179 Å². The van der Waals surface area contributed by atoms with Gasteiger partial charge in [-0.25, -0.2) is 4.39 Å². The first kappa shape index (κ1) is 21.5. The standard InChI is InChI=1S/C23H22ClFN2O3/c1-15-19(24)4-3-5-20(15)26-13-16-6-11-21(22(12-16)29-2)30-14-23(28)27-18-9-7-17(25)8-10-18/h3-12,26H,13-14H2,1-2H3,(H,27,28). The second-order valence-corrected chi connectivity index (χ2v) is 7.00. The van der Waals surface area contributed by atoms with Crippen LogP contribution in [-0.2, 0) is 11.3 Å². The summed E-state index contributed by atoms with van der Waals surface area (Å²) < 4.78 is 23.9. The van der Waals surface area contributed by atoms with Gasteiger partial charge in [0.2, 0.25) is 0 Å². The van der Waals surface area contributed by atoms with Crippen molar-refractivity contribution in [2.75, 3.05) is 24.4 Å². The molecule has 0 fully saturated rings. The third-order valence-corrected chi connectivity index (χ3v) is 4.87. The molecule has 0 aliphatic heterocycles. The van der Waals surface area contributed by atoms with Gasteiger partial charge in [0.05, 0.1) is 7.11 Å². The van der Waals surface area contributed by atoms with E-state index in [4.69, 9.17) is 21.1 Å². The van der Waals surface area contributed by atoms with Gasteiger partial charge in [-0.1, -0.05) is 23.7 Å². The smallest absolute Gasteiger partial charge is 0.262 e. The van der Waals surface area contributed by atoms with Crippen molar-refractivity contribution in [2.24, 2.45) is 0 Å². The number of hydrogen-bond acceptors (Lipinski definition) is 4. The molecule has 0 unspecified atom stereocenters. The van der Waals surface area contributed by atoms with Crippen LogP contribution in [0, 0.1) is 12.7 Å². The highest BCUT2D eigenvalue weighted by Gasteiger charge is 2.10. The van der Waals surface area contributed by atoms with Crippen LogP contribution in [0.4, 0.5) is 15.8 Å². The van der Waals surface area contributed by atoms with Crippen molar-refractivity contribution in [3.05, 3.63) is 82.6 Å². The summed E-state index contributed by atoms with van der Waals surface area (Å²) in [5, 5.41) is 6.70. The second kappa shape index (κ2) is 9.98. The molecule has 0 spiro atoms. The van der Waals surface area contributed by atoms with Crippen LogP contribution in [0.5, 0.6) is 11.5 Å². The molecule has 5 nitrogen and oxygen atoms in total. The Hall–Kier alpha value is -3.25. The number of benzene rings is 3. The molecule has 7 heteroatoms. The van der Waals surface area contributed by atoms with Gasteiger partial charge in [-0.3, -0.25) is 4.79 Å². The Morgan fingerprint density at radius 2 is 1.83 bits per heavy atom. The van der Waals surface area contributed by atoms with Gasteiger partial charge in [-0.15, -0.1) is 0 Å². The number of ether oxygens (including phenoxy) is 2. The van der Waals surface area contributed by atoms with Crippen LogP contribution in [0.2, 0.25) is 5.02 Å². The second-order valence-electron chi connectivity index (χ2n) is 6.59. The summed E-state index contributed by atoms with van der Waals surface area (Å²) in [7, 11) is 1.54. The molecule has 0 atom stereocenters. The minimum absolute atomic E-state index is 0.201. The van der Waals surface area contributed by atoms with E-state index < -0.39 is 0 Å². The highest BCUT2D eigenvalue weighted by Crippen LogP contribution is 2.29. The molecule has 1 amide bonds. The molecule has 0 radical (unpaired) electrons. The molecule has 0 heterocycles. The highest BCUT2D eigenvalue weighted by atomic mass is 35.5. The van der Waals surface area contributed by atoms with Crippen molar-refractivity contribution in [1.29, 1.82) is 0 Å². The molecule has 0 aliphatic carbocycles. The Morgan fingerprint density at radius 3 is 2.57 bits per heavy atom. The molecule has 0 aromatic heterocycles. The van der Waals surface area contributed by atoms with E-state index in [9.17, 15) is 9.18 Å². The van der Waals surface area contributed by atoms with Gasteiger partial charge in [0, 0.05) is 22.9 Å². The SMILES string of the molecule is COc1cc(CNc2cccc(Cl)c2C)ccc1OCC(=O)Nc1ccc(F)cc1. The maximum Gasteiger partial charge on any atom is 0.262 e. The molecule has 156 valence electrons. The third kappa shape index (κ3) is 5.64. The van der Waals surface area contributed by atoms with Crippen LogP contribution in [0.15, 0.2) is 60.7 Å². The van der Waals surface area contributed by atoms with Crippen LogP contribution in [0.25, 0.3) is 0 Å². The van der Waals surface area contributed by atoms with Crippen molar-refractivity contribution < 1.29 is 18.7 Å². The number of halogens is 2. The largest absolute Gasteiger partial charge is 0.493 e. The number of hydrogen-bond donors (Lipinski definition) is 2. The Bertz CT molecular complexity index is 1030. The monoisotopic (exact) mass is 428 g/mol. The van der Waals surface area contributed by atoms with Gasteiger partial charge in [0.15, 0.2) is 18.1 Å². The van der Waals surface area contributed by atoms with Gasteiger partial charge in [-0.05, 0) is 66.6 Å². The minimum Gasteiger partial charge on any atom is -0.493 e. The lowest BCUT2D eigenvalue weighted by Gasteiger charge is -2.14. The first-order chi connectivity index (χ1) is 14.5. The molecule has 0 saturated carbocycles. The first-order valence-corrected chi connectivity index (χ1v) is 9.68. The van der Waals surface area contributed by atoms with E-state index in [0.717, 1.165) is 16.8 Å². The normalized spacial score (nSPS) is 10.4. The van der Waals surface area contributed by atoms with Gasteiger partial charge in [0.1, 0.15) is 5.82 Å². The number of methoxy groups -OCH3 is 1. The summed E-state index contributed by atoms with van der Waals surface area (Å²) in [4.78, 5) is 12.1. The molecular weight excluding hydrogens is 407 g/mol. The summed E-state index contributed by atoms with van der Waals surface area (Å²) in [5.74, 6) is 0.251. The summed E-state index contributed by atoms with van der Waals surface area (Å²) in [6, 6.07) is 16.7. The maximum atomic E-state index is 12.9. The minimum atomic E-state index is -0.367. The maximum absolute atomic E-state index is 12.9. The van der Waals surface area contributed by atoms with Crippen molar-refractivity contribution in [2.45, 2.75) is 13.5 Å². The van der Waals surface area contributed by atoms with Gasteiger partial charge < -0.3 is 20.1 Å². The zero-order valence-corrected chi connectivity index (χ0v) is 17.4. The van der Waals surface area contributed by atoms with Gasteiger partial charge in [0.25, 0.3) is 5.91 Å². The fourth-order valence-electron chi connectivity index (χ4n) is 2.81. The Balaban J connectivity index is 1.59. The van der Waals surface area contributed by atoms with Gasteiger partial charge in [-0.2, -0.15) is 0 Å². The number of rotatable bonds is 8. The van der Waals surface area contributed by atoms with E-state index >= 15 is 0 Å². The van der Waals surface area contributed by atoms with Gasteiger partial charge >= 0.3 is 0 Å². The lowest BCUT2D eigenvalue weighted by molar-refractivity contribution is -0.118. The lowest BCUT2D eigenvalue weighted by atomic mass is 10.1. The molecule has 0 aliphatic rings. The predicted octanol–water partition coefficient (Wildman–Crippen LogP) is 5.43. The molecule has 3 rings (SSSR count). The average molecular weight is 429 g/mol. The number of carbonyl (C=O) groups is 1. The van der Waals surface area contributed by atoms with E-state index in [1.807, 2.05) is 37.3 Å². The number of anilines is 2. The van der Waals surface area contributed by atoms with Crippen LogP contribution in [0.3, 0.4) is 0 Å². The van der Waals surface area contributed by atoms with E-state index in [1.165, 1.54) is 24.3 Å². The first-order valence-electron chi connectivity index (χ1n) is 9.30. The number of nitrogens with one attached hydrogen (secondary N) is 2. The highest BCUT2D eigenvalue weighted by molar-refractivity contribution is 6.31. The summed E-state index contributed by atoms with van der Waals surface area (Å²) in [6.45, 7) is 2.33. The summed E-state index contributed by atoms with van der Waals surface area (Å²) >= 11 is 6.16. The van der Waals surface area contributed by atoms with Crippen LogP contribution in [0.1, 0.15) is 11.1 Å². The predicted molar refractivity (Wildman–Crippen MR) is 117 cm³/mol. The van der Waals surface area contributed by atoms with Crippen LogP contribution < -0.4 is 20.1 Å². The van der Waals surface area contributed by atoms with Crippen molar-refractivity contribution in [3.8, 4) is 11.5 Å². The molecule has 0 saturated heterocycles. The fraction of sp³-hybridized carbons (Fsp3) is 0.174. The fourth-order valence-corrected chi connectivity index (χ4v) is 2.99. The molecule has 0 bridgehead atoms. The number of amides is 1. The van der Waals surface area contributed by atoms with Crippen molar-refractivity contribution in [3.63, 3.8) is 0 Å². The Kier molecular flexibility index (Phi) is 7.14. The van der Waals surface area contributed by atoms with Crippen LogP contribution in [-0.4, -0.2) is 19.6 Å². The van der Waals surface area contributed by atoms with Crippen LogP contribution >= 0.6 is 11.6 Å². The Morgan fingerprint density at radius 1 is 1.07 bits per heavy atom. The number of carbonyl (C=O) groups excluding carboxylic acids is 1. The average Bonchev–Trinajstić information content (AvgIpc) is 2.75. The topological polar surface area (TPSA) is 59.6 Å². The third-order valence-electron chi connectivity index (χ3n) is 4.47. The molecule has 3 aromatic rings.